The van der Waals surface area contributed by atoms with Crippen molar-refractivity contribution < 1.29 is 9.53 Å². The second kappa shape index (κ2) is 9.46. The number of pyridine rings is 1. The van der Waals surface area contributed by atoms with Crippen LogP contribution >= 0.6 is 0 Å². The summed E-state index contributed by atoms with van der Waals surface area (Å²) in [6.07, 6.45) is 0. The van der Waals surface area contributed by atoms with Crippen LogP contribution in [0.5, 0.6) is 5.75 Å². The van der Waals surface area contributed by atoms with Gasteiger partial charge in [0.15, 0.2) is 5.43 Å². The van der Waals surface area contributed by atoms with Gasteiger partial charge in [-0.1, -0.05) is 42.5 Å². The predicted octanol–water partition coefficient (Wildman–Crippen LogP) is 3.38. The second-order valence-electron chi connectivity index (χ2n) is 8.33. The number of amides is 1. The average Bonchev–Trinajstić information content (AvgIpc) is 2.87. The molecule has 0 radical (unpaired) electrons. The highest BCUT2D eigenvalue weighted by Crippen LogP contribution is 2.19. The molecule has 4 aromatic rings. The number of para-hydroxylation sites is 3. The topological polar surface area (TPSA) is 54.8 Å². The summed E-state index contributed by atoms with van der Waals surface area (Å²) in [4.78, 5) is 30.4. The Morgan fingerprint density at radius 3 is 1.97 bits per heavy atom. The van der Waals surface area contributed by atoms with Crippen molar-refractivity contribution in [2.24, 2.45) is 0 Å². The minimum atomic E-state index is 0.0104. The molecule has 168 valence electrons. The van der Waals surface area contributed by atoms with Crippen molar-refractivity contribution in [3.8, 4) is 5.75 Å². The first-order valence-electron chi connectivity index (χ1n) is 11.4. The van der Waals surface area contributed by atoms with Gasteiger partial charge in [-0.05, 0) is 36.4 Å². The minimum absolute atomic E-state index is 0.0104. The minimum Gasteiger partial charge on any atom is -0.492 e. The number of nitrogens with zero attached hydrogens (tertiary/aromatic N) is 3. The van der Waals surface area contributed by atoms with Crippen molar-refractivity contribution in [2.75, 3.05) is 39.3 Å². The summed E-state index contributed by atoms with van der Waals surface area (Å²) in [5.74, 6) is 0.959. The standard InChI is InChI=1S/C27H27N3O3/c31-26(29-16-14-28(15-17-29)18-19-33-21-8-2-1-3-9-21)20-30-24-12-6-4-10-22(24)27(32)23-11-5-7-13-25(23)30/h1-13H,14-20H2. The van der Waals surface area contributed by atoms with Crippen molar-refractivity contribution in [3.05, 3.63) is 89.1 Å². The fraction of sp³-hybridized carbons (Fsp3) is 0.259. The number of hydrogen-bond donors (Lipinski definition) is 0. The van der Waals surface area contributed by atoms with E-state index in [1.807, 2.05) is 88.3 Å². The molecule has 0 spiro atoms. The summed E-state index contributed by atoms with van der Waals surface area (Å²) in [5, 5.41) is 1.29. The Morgan fingerprint density at radius 1 is 0.758 bits per heavy atom. The lowest BCUT2D eigenvalue weighted by Crippen LogP contribution is -2.50. The average molecular weight is 442 g/mol. The molecule has 6 nitrogen and oxygen atoms in total. The number of piperazine rings is 1. The monoisotopic (exact) mass is 441 g/mol. The smallest absolute Gasteiger partial charge is 0.242 e. The molecule has 1 aliphatic heterocycles. The Balaban J connectivity index is 1.25. The molecule has 5 rings (SSSR count). The van der Waals surface area contributed by atoms with Crippen molar-refractivity contribution in [1.82, 2.24) is 14.4 Å². The maximum atomic E-state index is 13.2. The molecule has 1 amide bonds. The van der Waals surface area contributed by atoms with Gasteiger partial charge >= 0.3 is 0 Å². The molecule has 2 heterocycles. The van der Waals surface area contributed by atoms with E-state index < -0.39 is 0 Å². The van der Waals surface area contributed by atoms with Crippen LogP contribution in [0.1, 0.15) is 0 Å². The van der Waals surface area contributed by atoms with Crippen LogP contribution in [0.3, 0.4) is 0 Å². The molecule has 0 aliphatic carbocycles. The number of rotatable bonds is 6. The number of fused-ring (bicyclic) bond motifs is 2. The fourth-order valence-electron chi connectivity index (χ4n) is 4.51. The van der Waals surface area contributed by atoms with Crippen molar-refractivity contribution >= 4 is 27.7 Å². The van der Waals surface area contributed by atoms with Gasteiger partial charge in [0.1, 0.15) is 18.9 Å². The molecule has 0 saturated carbocycles. The second-order valence-corrected chi connectivity index (χ2v) is 8.33. The number of ether oxygens (including phenoxy) is 1. The molecule has 0 atom stereocenters. The third-order valence-electron chi connectivity index (χ3n) is 6.32. The van der Waals surface area contributed by atoms with Crippen LogP contribution in [0.25, 0.3) is 21.8 Å². The lowest BCUT2D eigenvalue weighted by molar-refractivity contribution is -0.133. The Morgan fingerprint density at radius 2 is 1.33 bits per heavy atom. The molecule has 1 aromatic heterocycles. The van der Waals surface area contributed by atoms with Gasteiger partial charge in [-0.15, -0.1) is 0 Å². The number of hydrogen-bond acceptors (Lipinski definition) is 4. The van der Waals surface area contributed by atoms with E-state index in [0.717, 1.165) is 36.4 Å². The molecule has 6 heteroatoms. The van der Waals surface area contributed by atoms with Crippen molar-refractivity contribution in [1.29, 1.82) is 0 Å². The van der Waals surface area contributed by atoms with Gasteiger partial charge in [-0.3, -0.25) is 14.5 Å². The van der Waals surface area contributed by atoms with Crippen LogP contribution in [0.15, 0.2) is 83.7 Å². The van der Waals surface area contributed by atoms with Crippen LogP contribution in [-0.4, -0.2) is 59.6 Å². The quantitative estimate of drug-likeness (QED) is 0.431. The van der Waals surface area contributed by atoms with Gasteiger partial charge in [0.25, 0.3) is 0 Å². The summed E-state index contributed by atoms with van der Waals surface area (Å²) in [7, 11) is 0. The van der Waals surface area contributed by atoms with Crippen molar-refractivity contribution in [2.45, 2.75) is 6.54 Å². The zero-order valence-electron chi connectivity index (χ0n) is 18.5. The Bertz CT molecular complexity index is 1270. The highest BCUT2D eigenvalue weighted by Gasteiger charge is 2.22. The van der Waals surface area contributed by atoms with E-state index in [4.69, 9.17) is 4.74 Å². The van der Waals surface area contributed by atoms with Crippen LogP contribution in [-0.2, 0) is 11.3 Å². The third kappa shape index (κ3) is 4.47. The van der Waals surface area contributed by atoms with Crippen LogP contribution in [0, 0.1) is 0 Å². The summed E-state index contributed by atoms with van der Waals surface area (Å²) in [6.45, 7) is 4.74. The van der Waals surface area contributed by atoms with Crippen LogP contribution < -0.4 is 10.2 Å². The lowest BCUT2D eigenvalue weighted by Gasteiger charge is -2.35. The van der Waals surface area contributed by atoms with E-state index in [0.29, 0.717) is 30.5 Å². The van der Waals surface area contributed by atoms with Crippen LogP contribution in [0.2, 0.25) is 0 Å². The van der Waals surface area contributed by atoms with E-state index in [1.54, 1.807) is 0 Å². The maximum Gasteiger partial charge on any atom is 0.242 e. The first-order valence-corrected chi connectivity index (χ1v) is 11.4. The van der Waals surface area contributed by atoms with Gasteiger partial charge in [0.2, 0.25) is 5.91 Å². The summed E-state index contributed by atoms with van der Waals surface area (Å²) >= 11 is 0. The van der Waals surface area contributed by atoms with Gasteiger partial charge in [-0.2, -0.15) is 0 Å². The van der Waals surface area contributed by atoms with Gasteiger partial charge in [0, 0.05) is 43.5 Å². The molecule has 1 saturated heterocycles. The van der Waals surface area contributed by atoms with Gasteiger partial charge in [0.05, 0.1) is 11.0 Å². The van der Waals surface area contributed by atoms with Gasteiger partial charge in [-0.25, -0.2) is 0 Å². The SMILES string of the molecule is O=C(Cn1c2ccccc2c(=O)c2ccccc21)N1CCN(CCOc2ccccc2)CC1. The zero-order chi connectivity index (χ0) is 22.6. The van der Waals surface area contributed by atoms with E-state index in [9.17, 15) is 9.59 Å². The Hall–Kier alpha value is -3.64. The molecular weight excluding hydrogens is 414 g/mol. The number of carbonyl (C=O) groups excluding carboxylic acids is 1. The fourth-order valence-corrected chi connectivity index (χ4v) is 4.51. The molecule has 0 unspecified atom stereocenters. The normalized spacial score (nSPS) is 14.6. The van der Waals surface area contributed by atoms with E-state index in [2.05, 4.69) is 4.90 Å². The van der Waals surface area contributed by atoms with Gasteiger partial charge < -0.3 is 14.2 Å². The number of aromatic nitrogens is 1. The first kappa shape index (κ1) is 21.2. The summed E-state index contributed by atoms with van der Waals surface area (Å²) in [6, 6.07) is 24.9. The molecule has 1 aliphatic rings. The lowest BCUT2D eigenvalue weighted by atomic mass is 10.1. The summed E-state index contributed by atoms with van der Waals surface area (Å²) < 4.78 is 7.78. The summed E-state index contributed by atoms with van der Waals surface area (Å²) in [5.41, 5.74) is 1.61. The van der Waals surface area contributed by atoms with E-state index in [1.165, 1.54) is 0 Å². The highest BCUT2D eigenvalue weighted by molar-refractivity contribution is 5.94. The predicted molar refractivity (Wildman–Crippen MR) is 131 cm³/mol. The zero-order valence-corrected chi connectivity index (χ0v) is 18.5. The van der Waals surface area contributed by atoms with Crippen molar-refractivity contribution in [3.63, 3.8) is 0 Å². The molecule has 1 fully saturated rings. The third-order valence-corrected chi connectivity index (χ3v) is 6.32. The maximum absolute atomic E-state index is 13.2. The molecular formula is C27H27N3O3. The Labute approximate surface area is 192 Å². The van der Waals surface area contributed by atoms with E-state index in [-0.39, 0.29) is 17.9 Å². The molecule has 0 N–H and O–H groups in total. The number of carbonyl (C=O) groups is 1. The molecule has 3 aromatic carbocycles. The van der Waals surface area contributed by atoms with E-state index >= 15 is 0 Å². The molecule has 33 heavy (non-hydrogen) atoms. The number of benzene rings is 3. The first-order chi connectivity index (χ1) is 16.2. The molecule has 0 bridgehead atoms. The largest absolute Gasteiger partial charge is 0.492 e. The van der Waals surface area contributed by atoms with Crippen LogP contribution in [0.4, 0.5) is 0 Å². The highest BCUT2D eigenvalue weighted by atomic mass is 16.5. The Kier molecular flexibility index (Phi) is 6.09.